The first-order valence-corrected chi connectivity index (χ1v) is 11.5. The molecule has 1 aromatic carbocycles. The van der Waals surface area contributed by atoms with Gasteiger partial charge in [-0.25, -0.2) is 9.37 Å². The van der Waals surface area contributed by atoms with Crippen molar-refractivity contribution in [3.8, 4) is 22.4 Å². The zero-order valence-corrected chi connectivity index (χ0v) is 19.1. The van der Waals surface area contributed by atoms with Gasteiger partial charge in [0.05, 0.1) is 23.7 Å². The summed E-state index contributed by atoms with van der Waals surface area (Å²) in [4.78, 5) is 19.5. The predicted molar refractivity (Wildman–Crippen MR) is 125 cm³/mol. The van der Waals surface area contributed by atoms with E-state index in [1.54, 1.807) is 17.0 Å². The monoisotopic (exact) mass is 509 g/mol. The Morgan fingerprint density at radius 1 is 1.03 bits per heavy atom. The van der Waals surface area contributed by atoms with Crippen molar-refractivity contribution in [1.29, 1.82) is 0 Å². The van der Waals surface area contributed by atoms with E-state index in [4.69, 9.17) is 0 Å². The number of benzene rings is 1. The SMILES string of the molecule is O=C(c1nc2c(C(F)(F)F)cc(-c3cn[nH]c3)cn2c1-c1cn[nH]c1)N1CCC(c2cccc(F)c2)C1. The molecule has 1 aliphatic rings. The van der Waals surface area contributed by atoms with Crippen LogP contribution in [0.2, 0.25) is 0 Å². The van der Waals surface area contributed by atoms with Crippen LogP contribution in [-0.2, 0) is 6.18 Å². The average molecular weight is 509 g/mol. The highest BCUT2D eigenvalue weighted by atomic mass is 19.4. The van der Waals surface area contributed by atoms with Gasteiger partial charge in [-0.3, -0.25) is 19.4 Å². The van der Waals surface area contributed by atoms with Crippen LogP contribution in [0.1, 0.15) is 34.0 Å². The number of aromatic nitrogens is 6. The summed E-state index contributed by atoms with van der Waals surface area (Å²) in [7, 11) is 0. The van der Waals surface area contributed by atoms with E-state index in [1.807, 2.05) is 0 Å². The summed E-state index contributed by atoms with van der Waals surface area (Å²) in [5.74, 6) is -0.956. The van der Waals surface area contributed by atoms with Crippen molar-refractivity contribution in [3.05, 3.63) is 84.0 Å². The van der Waals surface area contributed by atoms with E-state index < -0.39 is 17.6 Å². The zero-order chi connectivity index (χ0) is 25.7. The second kappa shape index (κ2) is 8.57. The maximum atomic E-state index is 14.2. The number of fused-ring (bicyclic) bond motifs is 1. The van der Waals surface area contributed by atoms with Gasteiger partial charge in [0.2, 0.25) is 0 Å². The Bertz CT molecular complexity index is 1590. The molecule has 188 valence electrons. The Morgan fingerprint density at radius 2 is 1.78 bits per heavy atom. The van der Waals surface area contributed by atoms with Gasteiger partial charge in [0.25, 0.3) is 5.91 Å². The standard InChI is InChI=1S/C25H19F4N7O/c26-19-3-1-2-14(6-19)15-4-5-35(12-15)24(37)21-22(18-10-32-33-11-18)36-13-16(17-8-30-31-9-17)7-20(23(36)34-21)25(27,28)29/h1-3,6-11,13,15H,4-5,12H2,(H,30,31)(H,32,33). The van der Waals surface area contributed by atoms with Gasteiger partial charge < -0.3 is 4.90 Å². The lowest BCUT2D eigenvalue weighted by Gasteiger charge is -2.16. The van der Waals surface area contributed by atoms with E-state index in [1.165, 1.54) is 47.5 Å². The summed E-state index contributed by atoms with van der Waals surface area (Å²) in [6.07, 6.45) is 3.20. The fourth-order valence-electron chi connectivity index (χ4n) is 4.85. The smallest absolute Gasteiger partial charge is 0.337 e. The molecular weight excluding hydrogens is 490 g/mol. The molecule has 37 heavy (non-hydrogen) atoms. The van der Waals surface area contributed by atoms with Gasteiger partial charge in [-0.05, 0) is 30.2 Å². The number of halogens is 4. The van der Waals surface area contributed by atoms with E-state index in [0.717, 1.165) is 11.6 Å². The summed E-state index contributed by atoms with van der Waals surface area (Å²) in [6, 6.07) is 7.20. The first-order valence-electron chi connectivity index (χ1n) is 11.5. The number of hydrogen-bond acceptors (Lipinski definition) is 4. The predicted octanol–water partition coefficient (Wildman–Crippen LogP) is 4.90. The Morgan fingerprint density at radius 3 is 2.46 bits per heavy atom. The molecular formula is C25H19F4N7O. The molecule has 1 amide bonds. The number of nitrogens with zero attached hydrogens (tertiary/aromatic N) is 5. The van der Waals surface area contributed by atoms with Crippen LogP contribution in [0, 0.1) is 5.82 Å². The van der Waals surface area contributed by atoms with Crippen LogP contribution in [0.5, 0.6) is 0 Å². The minimum absolute atomic E-state index is 0.0903. The van der Waals surface area contributed by atoms with Crippen molar-refractivity contribution in [2.75, 3.05) is 13.1 Å². The summed E-state index contributed by atoms with van der Waals surface area (Å²) in [5.41, 5.74) is 0.592. The van der Waals surface area contributed by atoms with Crippen LogP contribution in [0.4, 0.5) is 17.6 Å². The molecule has 6 rings (SSSR count). The topological polar surface area (TPSA) is 95.0 Å². The molecule has 0 saturated carbocycles. The molecule has 0 radical (unpaired) electrons. The summed E-state index contributed by atoms with van der Waals surface area (Å²) >= 11 is 0. The van der Waals surface area contributed by atoms with Crippen LogP contribution >= 0.6 is 0 Å². The first kappa shape index (κ1) is 23.0. The van der Waals surface area contributed by atoms with Crippen LogP contribution in [0.25, 0.3) is 28.0 Å². The second-order valence-electron chi connectivity index (χ2n) is 8.91. The van der Waals surface area contributed by atoms with E-state index in [9.17, 15) is 22.4 Å². The van der Waals surface area contributed by atoms with Crippen molar-refractivity contribution < 1.29 is 22.4 Å². The summed E-state index contributed by atoms with van der Waals surface area (Å²) in [6.45, 7) is 0.665. The van der Waals surface area contributed by atoms with Crippen molar-refractivity contribution in [2.45, 2.75) is 18.5 Å². The highest BCUT2D eigenvalue weighted by molar-refractivity contribution is 6.00. The summed E-state index contributed by atoms with van der Waals surface area (Å²) < 4.78 is 57.5. The highest BCUT2D eigenvalue weighted by Crippen LogP contribution is 2.38. The van der Waals surface area contributed by atoms with E-state index in [-0.39, 0.29) is 34.3 Å². The minimum atomic E-state index is -4.73. The van der Waals surface area contributed by atoms with Gasteiger partial charge >= 0.3 is 6.18 Å². The molecule has 1 saturated heterocycles. The van der Waals surface area contributed by atoms with Crippen LogP contribution in [0.15, 0.2) is 61.3 Å². The number of likely N-dealkylation sites (tertiary alicyclic amines) is 1. The number of carbonyl (C=O) groups is 1. The van der Waals surface area contributed by atoms with Crippen LogP contribution in [-0.4, -0.2) is 53.7 Å². The molecule has 12 heteroatoms. The Labute approximate surface area is 207 Å². The number of imidazole rings is 1. The molecule has 1 fully saturated rings. The van der Waals surface area contributed by atoms with Gasteiger partial charge in [0.1, 0.15) is 5.82 Å². The lowest BCUT2D eigenvalue weighted by atomic mass is 9.98. The third-order valence-corrected chi connectivity index (χ3v) is 6.63. The van der Waals surface area contributed by atoms with Gasteiger partial charge in [0, 0.05) is 54.3 Å². The summed E-state index contributed by atoms with van der Waals surface area (Å²) in [5, 5.41) is 13.0. The molecule has 5 aromatic rings. The number of hydrogen-bond donors (Lipinski definition) is 2. The molecule has 0 aliphatic carbocycles. The fraction of sp³-hybridized carbons (Fsp3) is 0.200. The quantitative estimate of drug-likeness (QED) is 0.337. The minimum Gasteiger partial charge on any atom is -0.337 e. The third kappa shape index (κ3) is 4.03. The second-order valence-corrected chi connectivity index (χ2v) is 8.91. The third-order valence-electron chi connectivity index (χ3n) is 6.63. The number of pyridine rings is 1. The van der Waals surface area contributed by atoms with Gasteiger partial charge in [-0.2, -0.15) is 23.4 Å². The van der Waals surface area contributed by atoms with E-state index in [0.29, 0.717) is 30.6 Å². The number of nitrogens with one attached hydrogen (secondary N) is 2. The highest BCUT2D eigenvalue weighted by Gasteiger charge is 2.38. The molecule has 2 N–H and O–H groups in total. The average Bonchev–Trinajstić information content (AvgIpc) is 3.67. The lowest BCUT2D eigenvalue weighted by Crippen LogP contribution is -2.29. The van der Waals surface area contributed by atoms with Crippen LogP contribution < -0.4 is 0 Å². The van der Waals surface area contributed by atoms with Crippen molar-refractivity contribution in [1.82, 2.24) is 34.7 Å². The van der Waals surface area contributed by atoms with Gasteiger partial charge in [-0.1, -0.05) is 12.1 Å². The molecule has 0 spiro atoms. The first-order chi connectivity index (χ1) is 17.8. The number of aromatic amines is 2. The number of H-pyrrole nitrogens is 2. The maximum absolute atomic E-state index is 14.2. The number of alkyl halides is 3. The van der Waals surface area contributed by atoms with Crippen molar-refractivity contribution >= 4 is 11.6 Å². The molecule has 5 heterocycles. The number of carbonyl (C=O) groups excluding carboxylic acids is 1. The molecule has 1 aliphatic heterocycles. The number of amides is 1. The van der Waals surface area contributed by atoms with Crippen LogP contribution in [0.3, 0.4) is 0 Å². The molecule has 8 nitrogen and oxygen atoms in total. The number of rotatable bonds is 4. The molecule has 0 bridgehead atoms. The molecule has 4 aromatic heterocycles. The molecule has 1 atom stereocenters. The van der Waals surface area contributed by atoms with Crippen molar-refractivity contribution in [2.24, 2.45) is 0 Å². The maximum Gasteiger partial charge on any atom is 0.420 e. The normalized spacial score (nSPS) is 16.1. The van der Waals surface area contributed by atoms with Gasteiger partial charge in [0.15, 0.2) is 11.3 Å². The lowest BCUT2D eigenvalue weighted by molar-refractivity contribution is -0.136. The van der Waals surface area contributed by atoms with E-state index in [2.05, 4.69) is 25.4 Å². The van der Waals surface area contributed by atoms with E-state index >= 15 is 0 Å². The fourth-order valence-corrected chi connectivity index (χ4v) is 4.85. The Hall–Kier alpha value is -4.48. The van der Waals surface area contributed by atoms with Gasteiger partial charge in [-0.15, -0.1) is 0 Å². The Balaban J connectivity index is 1.48. The van der Waals surface area contributed by atoms with Crippen molar-refractivity contribution in [3.63, 3.8) is 0 Å². The Kier molecular flexibility index (Phi) is 5.32. The largest absolute Gasteiger partial charge is 0.420 e. The molecule has 1 unspecified atom stereocenters. The zero-order valence-electron chi connectivity index (χ0n) is 19.1.